The lowest BCUT2D eigenvalue weighted by Gasteiger charge is -2.11. The van der Waals surface area contributed by atoms with Crippen molar-refractivity contribution in [3.8, 4) is 5.75 Å². The normalized spacial score (nSPS) is 17.6. The van der Waals surface area contributed by atoms with E-state index in [1.807, 2.05) is 0 Å². The number of amides is 1. The van der Waals surface area contributed by atoms with E-state index in [0.717, 1.165) is 19.4 Å². The number of carbonyl (C=O) groups is 1. The van der Waals surface area contributed by atoms with Gasteiger partial charge in [-0.2, -0.15) is 0 Å². The Kier molecular flexibility index (Phi) is 6.67. The minimum absolute atomic E-state index is 0. The highest BCUT2D eigenvalue weighted by molar-refractivity contribution is 5.95. The molecule has 1 fully saturated rings. The second kappa shape index (κ2) is 8.01. The van der Waals surface area contributed by atoms with Crippen LogP contribution in [0.15, 0.2) is 24.3 Å². The van der Waals surface area contributed by atoms with E-state index in [9.17, 15) is 13.6 Å². The molecule has 112 valence electrons. The van der Waals surface area contributed by atoms with Gasteiger partial charge in [0.25, 0.3) is 6.43 Å². The first-order valence-corrected chi connectivity index (χ1v) is 6.20. The molecule has 1 aliphatic rings. The number of alkyl halides is 2. The molecule has 1 heterocycles. The van der Waals surface area contributed by atoms with Crippen molar-refractivity contribution in [3.05, 3.63) is 24.3 Å². The van der Waals surface area contributed by atoms with Crippen LogP contribution in [-0.2, 0) is 4.79 Å². The monoisotopic (exact) mass is 306 g/mol. The van der Waals surface area contributed by atoms with E-state index in [4.69, 9.17) is 4.74 Å². The molecule has 0 bridgehead atoms. The van der Waals surface area contributed by atoms with Crippen molar-refractivity contribution in [1.82, 2.24) is 5.32 Å². The van der Waals surface area contributed by atoms with E-state index in [2.05, 4.69) is 10.6 Å². The molecule has 1 saturated heterocycles. The fraction of sp³-hybridized carbons (Fsp3) is 0.462. The molecule has 0 radical (unpaired) electrons. The van der Waals surface area contributed by atoms with Crippen LogP contribution < -0.4 is 15.4 Å². The van der Waals surface area contributed by atoms with E-state index in [1.54, 1.807) is 24.3 Å². The van der Waals surface area contributed by atoms with Crippen LogP contribution in [0.25, 0.3) is 0 Å². The maximum atomic E-state index is 12.0. The second-order valence-corrected chi connectivity index (χ2v) is 4.36. The number of rotatable bonds is 5. The van der Waals surface area contributed by atoms with Crippen LogP contribution >= 0.6 is 12.4 Å². The summed E-state index contributed by atoms with van der Waals surface area (Å²) in [4.78, 5) is 11.8. The summed E-state index contributed by atoms with van der Waals surface area (Å²) < 4.78 is 28.8. The molecular weight excluding hydrogens is 290 g/mol. The molecule has 4 nitrogen and oxygen atoms in total. The van der Waals surface area contributed by atoms with E-state index in [0.29, 0.717) is 11.4 Å². The molecular formula is C13H17ClF2N2O2. The van der Waals surface area contributed by atoms with Gasteiger partial charge in [-0.1, -0.05) is 0 Å². The van der Waals surface area contributed by atoms with Crippen LogP contribution in [0.3, 0.4) is 0 Å². The number of halogens is 3. The van der Waals surface area contributed by atoms with Crippen molar-refractivity contribution >= 4 is 24.0 Å². The predicted molar refractivity (Wildman–Crippen MR) is 74.8 cm³/mol. The highest BCUT2D eigenvalue weighted by Gasteiger charge is 2.21. The minimum atomic E-state index is -2.49. The van der Waals surface area contributed by atoms with Gasteiger partial charge in [0.05, 0.1) is 6.04 Å². The van der Waals surface area contributed by atoms with Gasteiger partial charge in [-0.15, -0.1) is 12.4 Å². The van der Waals surface area contributed by atoms with Crippen LogP contribution in [0.5, 0.6) is 5.75 Å². The Hall–Kier alpha value is -1.40. The fourth-order valence-corrected chi connectivity index (χ4v) is 1.93. The van der Waals surface area contributed by atoms with Gasteiger partial charge in [-0.25, -0.2) is 8.78 Å². The van der Waals surface area contributed by atoms with Gasteiger partial charge >= 0.3 is 0 Å². The molecule has 0 aromatic heterocycles. The predicted octanol–water partition coefficient (Wildman–Crippen LogP) is 2.44. The summed E-state index contributed by atoms with van der Waals surface area (Å²) in [6.45, 7) is 0.232. The second-order valence-electron chi connectivity index (χ2n) is 4.36. The third kappa shape index (κ3) is 4.94. The lowest BCUT2D eigenvalue weighted by atomic mass is 10.2. The molecule has 2 rings (SSSR count). The average molecular weight is 307 g/mol. The van der Waals surface area contributed by atoms with Crippen LogP contribution in [0, 0.1) is 0 Å². The van der Waals surface area contributed by atoms with E-state index < -0.39 is 13.0 Å². The van der Waals surface area contributed by atoms with Gasteiger partial charge in [-0.05, 0) is 43.7 Å². The van der Waals surface area contributed by atoms with Crippen LogP contribution in [0.1, 0.15) is 12.8 Å². The summed E-state index contributed by atoms with van der Waals surface area (Å²) in [5.41, 5.74) is 0.628. The molecule has 1 amide bonds. The Morgan fingerprint density at radius 3 is 2.65 bits per heavy atom. The van der Waals surface area contributed by atoms with Crippen LogP contribution in [0.2, 0.25) is 0 Å². The van der Waals surface area contributed by atoms with Crippen LogP contribution in [-0.4, -0.2) is 31.5 Å². The van der Waals surface area contributed by atoms with E-state index in [-0.39, 0.29) is 24.4 Å². The molecule has 1 aromatic carbocycles. The smallest absolute Gasteiger partial charge is 0.272 e. The molecule has 2 N–H and O–H groups in total. The zero-order valence-corrected chi connectivity index (χ0v) is 11.6. The molecule has 7 heteroatoms. The van der Waals surface area contributed by atoms with Gasteiger partial charge in [0.15, 0.2) is 0 Å². The third-order valence-corrected chi connectivity index (χ3v) is 2.87. The molecule has 1 aliphatic heterocycles. The first-order chi connectivity index (χ1) is 9.15. The minimum Gasteiger partial charge on any atom is -0.488 e. The first-order valence-electron chi connectivity index (χ1n) is 6.20. The SMILES string of the molecule is Cl.O=C(Nc1ccc(OCC(F)F)cc1)C1CCCN1. The lowest BCUT2D eigenvalue weighted by Crippen LogP contribution is -2.35. The van der Waals surface area contributed by atoms with Gasteiger partial charge in [-0.3, -0.25) is 4.79 Å². The number of anilines is 1. The van der Waals surface area contributed by atoms with Gasteiger partial charge in [0.2, 0.25) is 5.91 Å². The van der Waals surface area contributed by atoms with Crippen LogP contribution in [0.4, 0.5) is 14.5 Å². The highest BCUT2D eigenvalue weighted by Crippen LogP contribution is 2.17. The summed E-state index contributed by atoms with van der Waals surface area (Å²) in [7, 11) is 0. The summed E-state index contributed by atoms with van der Waals surface area (Å²) in [5, 5.41) is 5.87. The zero-order chi connectivity index (χ0) is 13.7. The Morgan fingerprint density at radius 1 is 1.40 bits per heavy atom. The standard InChI is InChI=1S/C13H16F2N2O2.ClH/c14-12(15)8-19-10-5-3-9(4-6-10)17-13(18)11-2-1-7-16-11;/h3-6,11-12,16H,1-2,7-8H2,(H,17,18);1H. The van der Waals surface area contributed by atoms with Gasteiger partial charge < -0.3 is 15.4 Å². The van der Waals surface area contributed by atoms with Gasteiger partial charge in [0, 0.05) is 5.69 Å². The van der Waals surface area contributed by atoms with Gasteiger partial charge in [0.1, 0.15) is 12.4 Å². The van der Waals surface area contributed by atoms with Crippen molar-refractivity contribution in [2.45, 2.75) is 25.3 Å². The van der Waals surface area contributed by atoms with Crippen molar-refractivity contribution in [3.63, 3.8) is 0 Å². The Bertz CT molecular complexity index is 423. The maximum absolute atomic E-state index is 12.0. The van der Waals surface area contributed by atoms with E-state index >= 15 is 0 Å². The fourth-order valence-electron chi connectivity index (χ4n) is 1.93. The molecule has 0 aliphatic carbocycles. The van der Waals surface area contributed by atoms with Crippen molar-refractivity contribution < 1.29 is 18.3 Å². The summed E-state index contributed by atoms with van der Waals surface area (Å²) in [6, 6.07) is 6.23. The van der Waals surface area contributed by atoms with Crippen molar-refractivity contribution in [1.29, 1.82) is 0 Å². The first kappa shape index (κ1) is 16.7. The molecule has 20 heavy (non-hydrogen) atoms. The largest absolute Gasteiger partial charge is 0.488 e. The lowest BCUT2D eigenvalue weighted by molar-refractivity contribution is -0.117. The third-order valence-electron chi connectivity index (χ3n) is 2.87. The quantitative estimate of drug-likeness (QED) is 0.878. The topological polar surface area (TPSA) is 50.4 Å². The Morgan fingerprint density at radius 2 is 2.10 bits per heavy atom. The Balaban J connectivity index is 0.00000200. The maximum Gasteiger partial charge on any atom is 0.272 e. The van der Waals surface area contributed by atoms with Crippen molar-refractivity contribution in [2.24, 2.45) is 0 Å². The summed E-state index contributed by atoms with van der Waals surface area (Å²) in [6.07, 6.45) is -0.660. The highest BCUT2D eigenvalue weighted by atomic mass is 35.5. The molecule has 1 aromatic rings. The molecule has 0 spiro atoms. The summed E-state index contributed by atoms with van der Waals surface area (Å²) >= 11 is 0. The number of hydrogen-bond acceptors (Lipinski definition) is 3. The molecule has 1 unspecified atom stereocenters. The van der Waals surface area contributed by atoms with E-state index in [1.165, 1.54) is 0 Å². The van der Waals surface area contributed by atoms with Crippen molar-refractivity contribution in [2.75, 3.05) is 18.5 Å². The molecule has 1 atom stereocenters. The summed E-state index contributed by atoms with van der Waals surface area (Å²) in [5.74, 6) is 0.288. The number of hydrogen-bond donors (Lipinski definition) is 2. The average Bonchev–Trinajstić information content (AvgIpc) is 2.92. The zero-order valence-electron chi connectivity index (χ0n) is 10.8. The number of nitrogens with one attached hydrogen (secondary N) is 2. The Labute approximate surface area is 122 Å². The number of ether oxygens (including phenoxy) is 1. The number of carbonyl (C=O) groups excluding carboxylic acids is 1. The molecule has 0 saturated carbocycles. The number of benzene rings is 1.